The van der Waals surface area contributed by atoms with Crippen molar-refractivity contribution < 1.29 is 23.5 Å². The molecule has 0 spiro atoms. The Hall–Kier alpha value is -4.25. The van der Waals surface area contributed by atoms with Crippen LogP contribution >= 0.6 is 0 Å². The minimum absolute atomic E-state index is 0.0268. The van der Waals surface area contributed by atoms with Crippen LogP contribution in [-0.4, -0.2) is 28.8 Å². The molecule has 0 saturated carbocycles. The number of nitrogens with one attached hydrogen (secondary N) is 1. The monoisotopic (exact) mass is 475 g/mol. The number of anilines is 1. The van der Waals surface area contributed by atoms with Gasteiger partial charge in [-0.2, -0.15) is 5.26 Å². The van der Waals surface area contributed by atoms with E-state index < -0.39 is 18.5 Å². The van der Waals surface area contributed by atoms with Crippen molar-refractivity contribution in [2.75, 3.05) is 11.9 Å². The second kappa shape index (κ2) is 11.3. The number of nitriles is 1. The molecule has 3 rings (SSSR count). The van der Waals surface area contributed by atoms with Crippen LogP contribution in [0.1, 0.15) is 51.1 Å². The fourth-order valence-electron chi connectivity index (χ4n) is 3.59. The standard InChI is InChI=1S/C27H26FN3O4/c1-17-4-8-21(9-5-17)24(32)12-13-26(34)35-16-25(33)30-27-23(14-29)18(2)19(3)31(27)15-20-6-10-22(28)11-7-20/h4-11H,12-13,15-16H2,1-3H3,(H,30,33). The third-order valence-corrected chi connectivity index (χ3v) is 5.75. The number of esters is 1. The molecule has 0 bridgehead atoms. The van der Waals surface area contributed by atoms with Gasteiger partial charge >= 0.3 is 5.97 Å². The fourth-order valence-corrected chi connectivity index (χ4v) is 3.59. The lowest BCUT2D eigenvalue weighted by Crippen LogP contribution is -2.23. The summed E-state index contributed by atoms with van der Waals surface area (Å²) in [5.74, 6) is -1.55. The zero-order chi connectivity index (χ0) is 25.5. The highest BCUT2D eigenvalue weighted by Crippen LogP contribution is 2.27. The number of benzene rings is 2. The lowest BCUT2D eigenvalue weighted by atomic mass is 10.1. The predicted molar refractivity (Wildman–Crippen MR) is 128 cm³/mol. The maximum Gasteiger partial charge on any atom is 0.306 e. The summed E-state index contributed by atoms with van der Waals surface area (Å²) in [5.41, 5.74) is 4.10. The van der Waals surface area contributed by atoms with Crippen LogP contribution in [0.5, 0.6) is 0 Å². The summed E-state index contributed by atoms with van der Waals surface area (Å²) in [5, 5.41) is 12.3. The number of rotatable bonds is 9. The Morgan fingerprint density at radius 2 is 1.66 bits per heavy atom. The van der Waals surface area contributed by atoms with E-state index in [1.54, 1.807) is 35.8 Å². The molecule has 1 N–H and O–H groups in total. The molecule has 0 fully saturated rings. The number of amides is 1. The van der Waals surface area contributed by atoms with Crippen molar-refractivity contribution in [3.05, 3.63) is 87.9 Å². The number of halogens is 1. The second-order valence-electron chi connectivity index (χ2n) is 8.26. The zero-order valence-electron chi connectivity index (χ0n) is 19.9. The molecule has 8 heteroatoms. The van der Waals surface area contributed by atoms with Gasteiger partial charge in [-0.1, -0.05) is 42.0 Å². The molecule has 1 amide bonds. The van der Waals surface area contributed by atoms with E-state index >= 15 is 0 Å². The minimum atomic E-state index is -0.671. The summed E-state index contributed by atoms with van der Waals surface area (Å²) in [7, 11) is 0. The number of ether oxygens (including phenoxy) is 1. The first-order valence-corrected chi connectivity index (χ1v) is 11.1. The summed E-state index contributed by atoms with van der Waals surface area (Å²) in [6.45, 7) is 5.27. The summed E-state index contributed by atoms with van der Waals surface area (Å²) in [6, 6.07) is 15.1. The van der Waals surface area contributed by atoms with Crippen LogP contribution in [0.15, 0.2) is 48.5 Å². The molecule has 7 nitrogen and oxygen atoms in total. The van der Waals surface area contributed by atoms with E-state index in [1.165, 1.54) is 12.1 Å². The van der Waals surface area contributed by atoms with Gasteiger partial charge in [0.05, 0.1) is 12.0 Å². The number of carbonyl (C=O) groups is 3. The largest absolute Gasteiger partial charge is 0.456 e. The quantitative estimate of drug-likeness (QED) is 0.360. The van der Waals surface area contributed by atoms with Crippen LogP contribution in [0.25, 0.3) is 0 Å². The van der Waals surface area contributed by atoms with Crippen LogP contribution in [0.4, 0.5) is 10.2 Å². The summed E-state index contributed by atoms with van der Waals surface area (Å²) < 4.78 is 20.0. The Morgan fingerprint density at radius 1 is 1.00 bits per heavy atom. The van der Waals surface area contributed by atoms with E-state index in [-0.39, 0.29) is 30.3 Å². The molecule has 3 aromatic rings. The van der Waals surface area contributed by atoms with Crippen molar-refractivity contribution in [3.8, 4) is 6.07 Å². The van der Waals surface area contributed by atoms with E-state index in [9.17, 15) is 24.0 Å². The van der Waals surface area contributed by atoms with Gasteiger partial charge in [-0.15, -0.1) is 0 Å². The fraction of sp³-hybridized carbons (Fsp3) is 0.259. The number of carbonyl (C=O) groups excluding carboxylic acids is 3. The Labute approximate surface area is 203 Å². The van der Waals surface area contributed by atoms with Gasteiger partial charge in [0.15, 0.2) is 12.4 Å². The van der Waals surface area contributed by atoms with Gasteiger partial charge in [-0.05, 0) is 44.0 Å². The third-order valence-electron chi connectivity index (χ3n) is 5.75. The average Bonchev–Trinajstić information content (AvgIpc) is 3.06. The number of hydrogen-bond acceptors (Lipinski definition) is 5. The van der Waals surface area contributed by atoms with Crippen molar-refractivity contribution in [2.45, 2.75) is 40.2 Å². The zero-order valence-corrected chi connectivity index (χ0v) is 19.9. The van der Waals surface area contributed by atoms with E-state index in [0.717, 1.165) is 16.8 Å². The minimum Gasteiger partial charge on any atom is -0.456 e. The van der Waals surface area contributed by atoms with Crippen molar-refractivity contribution in [3.63, 3.8) is 0 Å². The number of aromatic nitrogens is 1. The topological polar surface area (TPSA) is 101 Å². The number of aryl methyl sites for hydroxylation is 1. The van der Waals surface area contributed by atoms with Crippen molar-refractivity contribution >= 4 is 23.5 Å². The Morgan fingerprint density at radius 3 is 2.29 bits per heavy atom. The highest BCUT2D eigenvalue weighted by atomic mass is 19.1. The predicted octanol–water partition coefficient (Wildman–Crippen LogP) is 4.62. The summed E-state index contributed by atoms with van der Waals surface area (Å²) in [6.07, 6.45) is -0.177. The van der Waals surface area contributed by atoms with Crippen molar-refractivity contribution in [1.82, 2.24) is 4.57 Å². The summed E-state index contributed by atoms with van der Waals surface area (Å²) in [4.78, 5) is 36.8. The van der Waals surface area contributed by atoms with E-state index in [0.29, 0.717) is 23.2 Å². The van der Waals surface area contributed by atoms with Crippen LogP contribution in [-0.2, 0) is 20.9 Å². The van der Waals surface area contributed by atoms with Gasteiger partial charge in [-0.25, -0.2) is 4.39 Å². The molecule has 0 unspecified atom stereocenters. The highest BCUT2D eigenvalue weighted by Gasteiger charge is 2.20. The molecule has 0 saturated heterocycles. The number of Topliss-reactive ketones (excluding diaryl/α,β-unsaturated/α-hetero) is 1. The van der Waals surface area contributed by atoms with E-state index in [2.05, 4.69) is 11.4 Å². The van der Waals surface area contributed by atoms with Crippen molar-refractivity contribution in [1.29, 1.82) is 5.26 Å². The van der Waals surface area contributed by atoms with Crippen LogP contribution < -0.4 is 5.32 Å². The number of hydrogen-bond donors (Lipinski definition) is 1. The molecular weight excluding hydrogens is 449 g/mol. The highest BCUT2D eigenvalue weighted by molar-refractivity contribution is 5.98. The molecule has 0 aliphatic carbocycles. The van der Waals surface area contributed by atoms with Gasteiger partial charge in [0.25, 0.3) is 5.91 Å². The SMILES string of the molecule is Cc1ccc(C(=O)CCC(=O)OCC(=O)Nc2c(C#N)c(C)c(C)n2Cc2ccc(F)cc2)cc1. The Bertz CT molecular complexity index is 1290. The summed E-state index contributed by atoms with van der Waals surface area (Å²) >= 11 is 0. The van der Waals surface area contributed by atoms with E-state index in [4.69, 9.17) is 4.74 Å². The first-order valence-electron chi connectivity index (χ1n) is 11.1. The molecule has 2 aromatic carbocycles. The number of ketones is 1. The molecule has 1 aromatic heterocycles. The van der Waals surface area contributed by atoms with Crippen LogP contribution in [0.3, 0.4) is 0 Å². The average molecular weight is 476 g/mol. The molecule has 0 aliphatic heterocycles. The lowest BCUT2D eigenvalue weighted by Gasteiger charge is -2.13. The normalized spacial score (nSPS) is 10.5. The van der Waals surface area contributed by atoms with Crippen molar-refractivity contribution in [2.24, 2.45) is 0 Å². The second-order valence-corrected chi connectivity index (χ2v) is 8.26. The Balaban J connectivity index is 1.60. The van der Waals surface area contributed by atoms with Crippen LogP contribution in [0, 0.1) is 37.9 Å². The smallest absolute Gasteiger partial charge is 0.306 e. The maximum absolute atomic E-state index is 13.3. The van der Waals surface area contributed by atoms with Gasteiger partial charge < -0.3 is 14.6 Å². The maximum atomic E-state index is 13.3. The van der Waals surface area contributed by atoms with Crippen LogP contribution in [0.2, 0.25) is 0 Å². The third kappa shape index (κ3) is 6.42. The van der Waals surface area contributed by atoms with Gasteiger partial charge in [0, 0.05) is 24.2 Å². The lowest BCUT2D eigenvalue weighted by molar-refractivity contribution is -0.147. The molecular formula is C27H26FN3O4. The number of nitrogens with zero attached hydrogens (tertiary/aromatic N) is 2. The van der Waals surface area contributed by atoms with Gasteiger partial charge in [-0.3, -0.25) is 14.4 Å². The van der Waals surface area contributed by atoms with Gasteiger partial charge in [0.2, 0.25) is 0 Å². The molecule has 0 atom stereocenters. The molecule has 0 radical (unpaired) electrons. The molecule has 0 aliphatic rings. The molecule has 1 heterocycles. The molecule has 35 heavy (non-hydrogen) atoms. The van der Waals surface area contributed by atoms with E-state index in [1.807, 2.05) is 26.0 Å². The first kappa shape index (κ1) is 25.4. The molecule has 180 valence electrons. The van der Waals surface area contributed by atoms with Gasteiger partial charge in [0.1, 0.15) is 17.7 Å². The Kier molecular flexibility index (Phi) is 8.16. The first-order chi connectivity index (χ1) is 16.7.